The van der Waals surface area contributed by atoms with Crippen molar-refractivity contribution in [3.8, 4) is 0 Å². The van der Waals surface area contributed by atoms with Crippen LogP contribution in [0.2, 0.25) is 10.0 Å². The zero-order valence-corrected chi connectivity index (χ0v) is 13.3. The van der Waals surface area contributed by atoms with Crippen molar-refractivity contribution in [1.82, 2.24) is 10.2 Å². The van der Waals surface area contributed by atoms with E-state index in [1.165, 1.54) is 12.1 Å². The highest BCUT2D eigenvalue weighted by Gasteiger charge is 2.41. The van der Waals surface area contributed by atoms with Crippen LogP contribution in [-0.2, 0) is 10.3 Å². The molecule has 2 rings (SSSR count). The lowest BCUT2D eigenvalue weighted by molar-refractivity contribution is -0.130. The van der Waals surface area contributed by atoms with E-state index in [4.69, 9.17) is 28.9 Å². The lowest BCUT2D eigenvalue weighted by Gasteiger charge is -2.39. The molecular weight excluding hydrogens is 316 g/mol. The van der Waals surface area contributed by atoms with Gasteiger partial charge in [0.1, 0.15) is 11.4 Å². The van der Waals surface area contributed by atoms with Gasteiger partial charge in [0.2, 0.25) is 5.91 Å². The Kier molecular flexibility index (Phi) is 5.09. The summed E-state index contributed by atoms with van der Waals surface area (Å²) in [6.07, 6.45) is 0.872. The second-order valence-electron chi connectivity index (χ2n) is 5.27. The van der Waals surface area contributed by atoms with Crippen molar-refractivity contribution < 1.29 is 9.18 Å². The highest BCUT2D eigenvalue weighted by Crippen LogP contribution is 2.36. The van der Waals surface area contributed by atoms with Crippen LogP contribution >= 0.6 is 23.2 Å². The second-order valence-corrected chi connectivity index (χ2v) is 6.09. The van der Waals surface area contributed by atoms with Crippen molar-refractivity contribution in [2.24, 2.45) is 5.73 Å². The predicted molar refractivity (Wildman–Crippen MR) is 82.0 cm³/mol. The summed E-state index contributed by atoms with van der Waals surface area (Å²) < 4.78 is 13.8. The number of nitrogens with one attached hydrogen (secondary N) is 1. The third-order valence-electron chi connectivity index (χ3n) is 3.99. The van der Waals surface area contributed by atoms with E-state index in [2.05, 4.69) is 5.32 Å². The van der Waals surface area contributed by atoms with Gasteiger partial charge in [0.15, 0.2) is 0 Å². The maximum atomic E-state index is 13.8. The van der Waals surface area contributed by atoms with Crippen LogP contribution in [-0.4, -0.2) is 37.0 Å². The van der Waals surface area contributed by atoms with Crippen molar-refractivity contribution in [2.45, 2.75) is 18.9 Å². The van der Waals surface area contributed by atoms with E-state index in [-0.39, 0.29) is 10.0 Å². The molecule has 1 saturated heterocycles. The van der Waals surface area contributed by atoms with Gasteiger partial charge in [0, 0.05) is 30.2 Å². The molecule has 0 spiro atoms. The fourth-order valence-corrected chi connectivity index (χ4v) is 3.21. The molecule has 1 aromatic carbocycles. The molecule has 0 aromatic heterocycles. The van der Waals surface area contributed by atoms with Crippen LogP contribution in [0.4, 0.5) is 4.39 Å². The van der Waals surface area contributed by atoms with Crippen LogP contribution in [0.1, 0.15) is 18.9 Å². The lowest BCUT2D eigenvalue weighted by Crippen LogP contribution is -2.54. The van der Waals surface area contributed by atoms with E-state index in [0.717, 1.165) is 19.5 Å². The van der Waals surface area contributed by atoms with Crippen molar-refractivity contribution in [2.75, 3.05) is 26.2 Å². The molecule has 0 bridgehead atoms. The lowest BCUT2D eigenvalue weighted by atomic mass is 9.88. The standard InChI is InChI=1S/C14H18Cl2FN3O/c1-14(13(18)21,20-5-2-3-19-4-6-20)9-7-12(17)11(16)8-10(9)15/h7-8,19H,2-6H2,1H3,(H2,18,21). The summed E-state index contributed by atoms with van der Waals surface area (Å²) in [5.74, 6) is -1.18. The van der Waals surface area contributed by atoms with Crippen LogP contribution in [0, 0.1) is 5.82 Å². The van der Waals surface area contributed by atoms with Crippen molar-refractivity contribution >= 4 is 29.1 Å². The average Bonchev–Trinajstić information content (AvgIpc) is 2.71. The number of hydrogen-bond donors (Lipinski definition) is 2. The first-order chi connectivity index (χ1) is 9.87. The molecule has 7 heteroatoms. The maximum Gasteiger partial charge on any atom is 0.242 e. The summed E-state index contributed by atoms with van der Waals surface area (Å²) in [6.45, 7) is 4.58. The third-order valence-corrected chi connectivity index (χ3v) is 4.59. The summed E-state index contributed by atoms with van der Waals surface area (Å²) in [7, 11) is 0. The van der Waals surface area contributed by atoms with Gasteiger partial charge in [0.05, 0.1) is 5.02 Å². The van der Waals surface area contributed by atoms with Gasteiger partial charge >= 0.3 is 0 Å². The normalized spacial score (nSPS) is 19.8. The number of rotatable bonds is 3. The van der Waals surface area contributed by atoms with E-state index >= 15 is 0 Å². The minimum Gasteiger partial charge on any atom is -0.368 e. The van der Waals surface area contributed by atoms with Crippen molar-refractivity contribution in [3.05, 3.63) is 33.6 Å². The van der Waals surface area contributed by atoms with Gasteiger partial charge in [-0.25, -0.2) is 4.39 Å². The Balaban J connectivity index is 2.51. The molecule has 0 aliphatic carbocycles. The van der Waals surface area contributed by atoms with Crippen molar-refractivity contribution in [3.63, 3.8) is 0 Å². The number of nitrogens with zero attached hydrogens (tertiary/aromatic N) is 1. The zero-order chi connectivity index (χ0) is 15.6. The SMILES string of the molecule is CC(C(N)=O)(c1cc(F)c(Cl)cc1Cl)N1CCCNCC1. The fraction of sp³-hybridized carbons (Fsp3) is 0.500. The number of halogens is 3. The summed E-state index contributed by atoms with van der Waals surface area (Å²) >= 11 is 11.9. The highest BCUT2D eigenvalue weighted by molar-refractivity contribution is 6.35. The van der Waals surface area contributed by atoms with Crippen LogP contribution < -0.4 is 11.1 Å². The van der Waals surface area contributed by atoms with Gasteiger partial charge in [0.25, 0.3) is 0 Å². The molecule has 1 amide bonds. The van der Waals surface area contributed by atoms with Crippen LogP contribution in [0.25, 0.3) is 0 Å². The van der Waals surface area contributed by atoms with Crippen LogP contribution in [0.15, 0.2) is 12.1 Å². The molecule has 3 N–H and O–H groups in total. The fourth-order valence-electron chi connectivity index (χ4n) is 2.65. The molecule has 0 saturated carbocycles. The van der Waals surface area contributed by atoms with E-state index in [1.807, 2.05) is 4.90 Å². The molecule has 1 heterocycles. The molecule has 1 aliphatic heterocycles. The quantitative estimate of drug-likeness (QED) is 0.833. The summed E-state index contributed by atoms with van der Waals surface area (Å²) in [5.41, 5.74) is 4.80. The van der Waals surface area contributed by atoms with Gasteiger partial charge in [-0.1, -0.05) is 23.2 Å². The van der Waals surface area contributed by atoms with Gasteiger partial charge in [-0.2, -0.15) is 0 Å². The Bertz CT molecular complexity index is 547. The summed E-state index contributed by atoms with van der Waals surface area (Å²) in [5, 5.41) is 3.41. The molecule has 1 aromatic rings. The zero-order valence-electron chi connectivity index (χ0n) is 11.8. The first kappa shape index (κ1) is 16.5. The first-order valence-electron chi connectivity index (χ1n) is 6.78. The molecule has 1 fully saturated rings. The molecule has 1 atom stereocenters. The summed E-state index contributed by atoms with van der Waals surface area (Å²) in [4.78, 5) is 14.1. The summed E-state index contributed by atoms with van der Waals surface area (Å²) in [6, 6.07) is 2.51. The van der Waals surface area contributed by atoms with E-state index in [0.29, 0.717) is 18.7 Å². The van der Waals surface area contributed by atoms with Gasteiger partial charge in [-0.15, -0.1) is 0 Å². The van der Waals surface area contributed by atoms with Crippen molar-refractivity contribution in [1.29, 1.82) is 0 Å². The van der Waals surface area contributed by atoms with Gasteiger partial charge in [-0.3, -0.25) is 9.69 Å². The topological polar surface area (TPSA) is 58.4 Å². The Hall–Kier alpha value is -0.880. The first-order valence-corrected chi connectivity index (χ1v) is 7.53. The Morgan fingerprint density at radius 1 is 1.33 bits per heavy atom. The monoisotopic (exact) mass is 333 g/mol. The minimum atomic E-state index is -1.17. The van der Waals surface area contributed by atoms with Gasteiger partial charge < -0.3 is 11.1 Å². The van der Waals surface area contributed by atoms with E-state index < -0.39 is 17.3 Å². The molecule has 0 radical (unpaired) electrons. The number of amides is 1. The predicted octanol–water partition coefficient (Wildman–Crippen LogP) is 2.13. The maximum absolute atomic E-state index is 13.8. The average molecular weight is 334 g/mol. The number of benzene rings is 1. The molecule has 4 nitrogen and oxygen atoms in total. The Morgan fingerprint density at radius 3 is 2.71 bits per heavy atom. The number of carbonyl (C=O) groups excluding carboxylic acids is 1. The van der Waals surface area contributed by atoms with Gasteiger partial charge in [-0.05, 0) is 32.0 Å². The number of primary amides is 1. The number of nitrogens with two attached hydrogens (primary N) is 1. The van der Waals surface area contributed by atoms with Crippen LogP contribution in [0.5, 0.6) is 0 Å². The third kappa shape index (κ3) is 3.16. The molecule has 21 heavy (non-hydrogen) atoms. The Labute approximate surface area is 133 Å². The number of hydrogen-bond acceptors (Lipinski definition) is 3. The second kappa shape index (κ2) is 6.48. The molecule has 116 valence electrons. The molecule has 1 unspecified atom stereocenters. The molecular formula is C14H18Cl2FN3O. The number of carbonyl (C=O) groups is 1. The highest BCUT2D eigenvalue weighted by atomic mass is 35.5. The van der Waals surface area contributed by atoms with E-state index in [1.54, 1.807) is 6.92 Å². The minimum absolute atomic E-state index is 0.0758. The molecule has 1 aliphatic rings. The largest absolute Gasteiger partial charge is 0.368 e. The Morgan fingerprint density at radius 2 is 2.05 bits per heavy atom. The van der Waals surface area contributed by atoms with E-state index in [9.17, 15) is 9.18 Å². The van der Waals surface area contributed by atoms with Crippen LogP contribution in [0.3, 0.4) is 0 Å². The smallest absolute Gasteiger partial charge is 0.242 e.